The van der Waals surface area contributed by atoms with Crippen LogP contribution in [0.15, 0.2) is 47.5 Å². The lowest BCUT2D eigenvalue weighted by Gasteiger charge is -2.14. The molecule has 1 unspecified atom stereocenters. The molecule has 8 nitrogen and oxygen atoms in total. The fraction of sp³-hybridized carbons (Fsp3) is 0.235. The molecular formula is C17H18ClN3O5S. The quantitative estimate of drug-likeness (QED) is 0.531. The number of carbonyl (C=O) groups excluding carboxylic acids is 2. The summed E-state index contributed by atoms with van der Waals surface area (Å²) in [7, 11) is -3.86. The van der Waals surface area contributed by atoms with E-state index in [0.717, 1.165) is 5.56 Å². The molecule has 1 aromatic heterocycles. The maximum atomic E-state index is 12.1. The van der Waals surface area contributed by atoms with Crippen LogP contribution in [0.2, 0.25) is 5.15 Å². The maximum absolute atomic E-state index is 12.1. The van der Waals surface area contributed by atoms with Crippen LogP contribution >= 0.6 is 11.6 Å². The van der Waals surface area contributed by atoms with Crippen LogP contribution < -0.4 is 10.0 Å². The zero-order chi connectivity index (χ0) is 20.0. The Morgan fingerprint density at radius 3 is 2.52 bits per heavy atom. The van der Waals surface area contributed by atoms with E-state index in [0.29, 0.717) is 0 Å². The van der Waals surface area contributed by atoms with Crippen molar-refractivity contribution < 1.29 is 22.7 Å². The van der Waals surface area contributed by atoms with Crippen molar-refractivity contribution in [2.45, 2.75) is 24.8 Å². The number of ether oxygens (including phenoxy) is 1. The molecule has 0 fully saturated rings. The molecule has 0 radical (unpaired) electrons. The van der Waals surface area contributed by atoms with Gasteiger partial charge in [0.1, 0.15) is 6.54 Å². The monoisotopic (exact) mass is 411 g/mol. The smallest absolute Gasteiger partial charge is 0.321 e. The van der Waals surface area contributed by atoms with E-state index in [1.807, 2.05) is 6.92 Å². The van der Waals surface area contributed by atoms with Crippen LogP contribution in [0, 0.1) is 6.92 Å². The van der Waals surface area contributed by atoms with Crippen molar-refractivity contribution in [3.05, 3.63) is 53.3 Å². The summed E-state index contributed by atoms with van der Waals surface area (Å²) in [4.78, 5) is 27.7. The van der Waals surface area contributed by atoms with E-state index in [9.17, 15) is 18.0 Å². The minimum atomic E-state index is -3.86. The average Bonchev–Trinajstić information content (AvgIpc) is 2.62. The maximum Gasteiger partial charge on any atom is 0.321 e. The van der Waals surface area contributed by atoms with Gasteiger partial charge in [-0.05, 0) is 38.1 Å². The van der Waals surface area contributed by atoms with Crippen LogP contribution in [0.1, 0.15) is 12.5 Å². The molecule has 0 saturated heterocycles. The standard InChI is InChI=1S/C17H18ClN3O5S/c1-11-5-7-13(8-6-11)27(24,25)20-10-15(22)26-12(2)17(23)21-14-4-3-9-19-16(14)18/h3-9,12,20H,10H2,1-2H3,(H,21,23). The molecule has 1 aromatic carbocycles. The van der Waals surface area contributed by atoms with Crippen LogP contribution in [-0.2, 0) is 24.3 Å². The molecule has 1 heterocycles. The number of rotatable bonds is 7. The molecule has 0 bridgehead atoms. The Labute approximate surface area is 161 Å². The molecule has 0 aliphatic rings. The molecule has 10 heteroatoms. The van der Waals surface area contributed by atoms with Gasteiger partial charge in [0.15, 0.2) is 11.3 Å². The van der Waals surface area contributed by atoms with Crippen LogP contribution in [0.3, 0.4) is 0 Å². The second-order valence-electron chi connectivity index (χ2n) is 5.60. The minimum absolute atomic E-state index is 0.0258. The Morgan fingerprint density at radius 1 is 1.22 bits per heavy atom. The molecule has 0 spiro atoms. The van der Waals surface area contributed by atoms with Crippen molar-refractivity contribution in [1.29, 1.82) is 0 Å². The highest BCUT2D eigenvalue weighted by Gasteiger charge is 2.21. The van der Waals surface area contributed by atoms with Crippen molar-refractivity contribution in [3.63, 3.8) is 0 Å². The number of nitrogens with zero attached hydrogens (tertiary/aromatic N) is 1. The number of carbonyl (C=O) groups is 2. The molecule has 27 heavy (non-hydrogen) atoms. The Bertz CT molecular complexity index is 932. The molecule has 2 aromatic rings. The topological polar surface area (TPSA) is 114 Å². The number of pyridine rings is 1. The van der Waals surface area contributed by atoms with Crippen LogP contribution in [0.25, 0.3) is 0 Å². The summed E-state index contributed by atoms with van der Waals surface area (Å²) in [6.07, 6.45) is 0.305. The lowest BCUT2D eigenvalue weighted by Crippen LogP contribution is -2.35. The van der Waals surface area contributed by atoms with E-state index in [1.165, 1.54) is 31.3 Å². The van der Waals surface area contributed by atoms with Gasteiger partial charge in [0.25, 0.3) is 5.91 Å². The van der Waals surface area contributed by atoms with Gasteiger partial charge in [-0.15, -0.1) is 0 Å². The van der Waals surface area contributed by atoms with E-state index in [4.69, 9.17) is 16.3 Å². The fourth-order valence-electron chi connectivity index (χ4n) is 1.96. The van der Waals surface area contributed by atoms with E-state index in [-0.39, 0.29) is 15.7 Å². The van der Waals surface area contributed by atoms with Gasteiger partial charge in [-0.2, -0.15) is 4.72 Å². The first-order valence-electron chi connectivity index (χ1n) is 7.86. The van der Waals surface area contributed by atoms with E-state index < -0.39 is 34.5 Å². The van der Waals surface area contributed by atoms with Crippen LogP contribution in [-0.4, -0.2) is 37.9 Å². The summed E-state index contributed by atoms with van der Waals surface area (Å²) in [5, 5.41) is 2.56. The normalized spacial score (nSPS) is 12.3. The van der Waals surface area contributed by atoms with Gasteiger partial charge < -0.3 is 10.1 Å². The highest BCUT2D eigenvalue weighted by molar-refractivity contribution is 7.89. The SMILES string of the molecule is Cc1ccc(S(=O)(=O)NCC(=O)OC(C)C(=O)Nc2cccnc2Cl)cc1. The van der Waals surface area contributed by atoms with Crippen LogP contribution in [0.4, 0.5) is 5.69 Å². The molecule has 144 valence electrons. The number of hydrogen-bond acceptors (Lipinski definition) is 6. The Balaban J connectivity index is 1.88. The first-order chi connectivity index (χ1) is 12.7. The Morgan fingerprint density at radius 2 is 1.89 bits per heavy atom. The van der Waals surface area contributed by atoms with E-state index in [1.54, 1.807) is 18.2 Å². The van der Waals surface area contributed by atoms with Crippen molar-refractivity contribution >= 4 is 39.2 Å². The summed E-state index contributed by atoms with van der Waals surface area (Å²) in [5.74, 6) is -1.52. The predicted molar refractivity (Wildman–Crippen MR) is 99.8 cm³/mol. The van der Waals surface area contributed by atoms with Gasteiger partial charge in [-0.25, -0.2) is 13.4 Å². The number of esters is 1. The van der Waals surface area contributed by atoms with Crippen molar-refractivity contribution in [2.24, 2.45) is 0 Å². The molecule has 1 amide bonds. The van der Waals surface area contributed by atoms with Crippen molar-refractivity contribution in [2.75, 3.05) is 11.9 Å². The highest BCUT2D eigenvalue weighted by atomic mass is 35.5. The summed E-state index contributed by atoms with van der Waals surface area (Å²) >= 11 is 5.84. The zero-order valence-electron chi connectivity index (χ0n) is 14.6. The zero-order valence-corrected chi connectivity index (χ0v) is 16.2. The molecule has 1 atom stereocenters. The first-order valence-corrected chi connectivity index (χ1v) is 9.72. The van der Waals surface area contributed by atoms with Gasteiger partial charge in [0, 0.05) is 6.20 Å². The second kappa shape index (κ2) is 8.94. The largest absolute Gasteiger partial charge is 0.452 e. The van der Waals surface area contributed by atoms with E-state index in [2.05, 4.69) is 15.0 Å². The number of benzene rings is 1. The third-order valence-corrected chi connectivity index (χ3v) is 5.15. The lowest BCUT2D eigenvalue weighted by atomic mass is 10.2. The van der Waals surface area contributed by atoms with Gasteiger partial charge >= 0.3 is 5.97 Å². The molecular weight excluding hydrogens is 394 g/mol. The molecule has 0 aliphatic carbocycles. The number of hydrogen-bond donors (Lipinski definition) is 2. The van der Waals surface area contributed by atoms with Gasteiger partial charge in [0.05, 0.1) is 10.6 Å². The molecule has 2 N–H and O–H groups in total. The Hall–Kier alpha value is -2.49. The number of aryl methyl sites for hydroxylation is 1. The fourth-order valence-corrected chi connectivity index (χ4v) is 3.10. The Kier molecular flexibility index (Phi) is 6.89. The second-order valence-corrected chi connectivity index (χ2v) is 7.73. The third kappa shape index (κ3) is 6.02. The number of sulfonamides is 1. The third-order valence-electron chi connectivity index (χ3n) is 3.43. The van der Waals surface area contributed by atoms with Gasteiger partial charge in [-0.1, -0.05) is 29.3 Å². The average molecular weight is 412 g/mol. The van der Waals surface area contributed by atoms with E-state index >= 15 is 0 Å². The molecule has 2 rings (SSSR count). The number of nitrogens with one attached hydrogen (secondary N) is 2. The van der Waals surface area contributed by atoms with Crippen molar-refractivity contribution in [1.82, 2.24) is 9.71 Å². The summed E-state index contributed by atoms with van der Waals surface area (Å²) in [6, 6.07) is 9.26. The predicted octanol–water partition coefficient (Wildman–Crippen LogP) is 1.89. The van der Waals surface area contributed by atoms with Gasteiger partial charge in [-0.3, -0.25) is 9.59 Å². The highest BCUT2D eigenvalue weighted by Crippen LogP contribution is 2.17. The minimum Gasteiger partial charge on any atom is -0.452 e. The van der Waals surface area contributed by atoms with Crippen molar-refractivity contribution in [3.8, 4) is 0 Å². The number of halogens is 1. The first kappa shape index (κ1) is 20.8. The summed E-state index contributed by atoms with van der Waals surface area (Å²) in [6.45, 7) is 2.57. The van der Waals surface area contributed by atoms with Gasteiger partial charge in [0.2, 0.25) is 10.0 Å². The number of amides is 1. The van der Waals surface area contributed by atoms with Crippen LogP contribution in [0.5, 0.6) is 0 Å². The molecule has 0 saturated carbocycles. The summed E-state index contributed by atoms with van der Waals surface area (Å²) < 4.78 is 31.3. The summed E-state index contributed by atoms with van der Waals surface area (Å²) in [5.41, 5.74) is 1.18. The number of anilines is 1. The molecule has 0 aliphatic heterocycles. The lowest BCUT2D eigenvalue weighted by molar-refractivity contribution is -0.151. The number of aromatic nitrogens is 1.